The van der Waals surface area contributed by atoms with Gasteiger partial charge in [-0.05, 0) is 31.0 Å². The van der Waals surface area contributed by atoms with Crippen LogP contribution in [0.5, 0.6) is 0 Å². The van der Waals surface area contributed by atoms with Crippen molar-refractivity contribution in [3.8, 4) is 0 Å². The van der Waals surface area contributed by atoms with Gasteiger partial charge < -0.3 is 10.2 Å². The summed E-state index contributed by atoms with van der Waals surface area (Å²) in [5, 5.41) is 3.11. The van der Waals surface area contributed by atoms with Crippen LogP contribution in [-0.4, -0.2) is 46.9 Å². The summed E-state index contributed by atoms with van der Waals surface area (Å²) in [6.07, 6.45) is 3.87. The maximum Gasteiger partial charge on any atom is 0.261 e. The Hall–Kier alpha value is -2.70. The van der Waals surface area contributed by atoms with Crippen molar-refractivity contribution in [1.29, 1.82) is 0 Å². The largest absolute Gasteiger partial charge is 0.347 e. The average Bonchev–Trinajstić information content (AvgIpc) is 2.84. The van der Waals surface area contributed by atoms with Crippen LogP contribution in [0, 0.1) is 0 Å². The first kappa shape index (κ1) is 17.1. The van der Waals surface area contributed by atoms with Gasteiger partial charge >= 0.3 is 0 Å². The van der Waals surface area contributed by atoms with Crippen LogP contribution in [-0.2, 0) is 17.8 Å². The number of nitrogens with one attached hydrogen (secondary N) is 1. The summed E-state index contributed by atoms with van der Waals surface area (Å²) >= 11 is 0. The van der Waals surface area contributed by atoms with Gasteiger partial charge in [0.25, 0.3) is 11.5 Å². The number of hydrogen-bond acceptors (Lipinski definition) is 4. The van der Waals surface area contributed by atoms with Crippen molar-refractivity contribution in [3.05, 3.63) is 39.9 Å². The van der Waals surface area contributed by atoms with Crippen LogP contribution in [0.3, 0.4) is 0 Å². The third-order valence-electron chi connectivity index (χ3n) is 4.48. The van der Waals surface area contributed by atoms with Gasteiger partial charge in [0.15, 0.2) is 0 Å². The smallest absolute Gasteiger partial charge is 0.261 e. The van der Waals surface area contributed by atoms with E-state index in [4.69, 9.17) is 0 Å². The number of likely N-dealkylation sites (N-methyl/N-ethyl adjacent to an activating group) is 1. The van der Waals surface area contributed by atoms with Crippen molar-refractivity contribution in [3.63, 3.8) is 0 Å². The number of aryl methyl sites for hydroxylation is 1. The maximum atomic E-state index is 12.7. The third kappa shape index (κ3) is 3.55. The molecule has 0 fully saturated rings. The second kappa shape index (κ2) is 7.04. The molecule has 2 amide bonds. The second-order valence-electron chi connectivity index (χ2n) is 6.50. The molecule has 7 heteroatoms. The van der Waals surface area contributed by atoms with Gasteiger partial charge in [-0.1, -0.05) is 6.42 Å². The number of amides is 2. The van der Waals surface area contributed by atoms with E-state index < -0.39 is 0 Å². The predicted octanol–water partition coefficient (Wildman–Crippen LogP) is 0.941. The summed E-state index contributed by atoms with van der Waals surface area (Å²) in [7, 11) is 3.27. The Balaban J connectivity index is 1.91. The summed E-state index contributed by atoms with van der Waals surface area (Å²) in [5.74, 6) is 0.250. The highest BCUT2D eigenvalue weighted by atomic mass is 16.2. The zero-order valence-corrected chi connectivity index (χ0v) is 14.5. The van der Waals surface area contributed by atoms with E-state index in [2.05, 4.69) is 10.3 Å². The molecule has 2 aromatic rings. The van der Waals surface area contributed by atoms with E-state index in [1.807, 2.05) is 0 Å². The molecule has 0 saturated heterocycles. The number of carbonyl (C=O) groups is 2. The normalized spacial score (nSPS) is 13.8. The van der Waals surface area contributed by atoms with Crippen molar-refractivity contribution in [2.45, 2.75) is 32.2 Å². The highest BCUT2D eigenvalue weighted by Gasteiger charge is 2.15. The van der Waals surface area contributed by atoms with Gasteiger partial charge in [0.05, 0.1) is 17.4 Å². The molecule has 1 N–H and O–H groups in total. The number of fused-ring (bicyclic) bond motifs is 2. The first-order valence-electron chi connectivity index (χ1n) is 8.49. The number of rotatable bonds is 3. The third-order valence-corrected chi connectivity index (χ3v) is 4.48. The Kier molecular flexibility index (Phi) is 4.83. The van der Waals surface area contributed by atoms with Crippen LogP contribution in [0.15, 0.2) is 23.0 Å². The lowest BCUT2D eigenvalue weighted by Crippen LogP contribution is -2.36. The van der Waals surface area contributed by atoms with Crippen LogP contribution in [0.25, 0.3) is 10.9 Å². The van der Waals surface area contributed by atoms with E-state index in [0.717, 1.165) is 31.5 Å². The molecular weight excluding hydrogens is 320 g/mol. The van der Waals surface area contributed by atoms with E-state index in [0.29, 0.717) is 23.0 Å². The Morgan fingerprint density at radius 1 is 1.24 bits per heavy atom. The molecular formula is C18H22N4O3. The zero-order chi connectivity index (χ0) is 18.0. The molecule has 1 aromatic heterocycles. The SMILES string of the molecule is CN(C)C(=O)CNC(=O)c1ccc2c(=O)n3c(nc2c1)CCCCC3. The molecule has 0 saturated carbocycles. The number of aromatic nitrogens is 2. The molecule has 0 aliphatic carbocycles. The van der Waals surface area contributed by atoms with E-state index in [1.54, 1.807) is 36.9 Å². The highest BCUT2D eigenvalue weighted by Crippen LogP contribution is 2.16. The van der Waals surface area contributed by atoms with Crippen molar-refractivity contribution >= 4 is 22.7 Å². The van der Waals surface area contributed by atoms with E-state index in [9.17, 15) is 14.4 Å². The monoisotopic (exact) mass is 342 g/mol. The van der Waals surface area contributed by atoms with Gasteiger partial charge in [0.1, 0.15) is 5.82 Å². The minimum Gasteiger partial charge on any atom is -0.347 e. The molecule has 2 heterocycles. The zero-order valence-electron chi connectivity index (χ0n) is 14.5. The predicted molar refractivity (Wildman–Crippen MR) is 94.6 cm³/mol. The van der Waals surface area contributed by atoms with Gasteiger partial charge in [-0.25, -0.2) is 4.98 Å². The number of nitrogens with zero attached hydrogens (tertiary/aromatic N) is 3. The van der Waals surface area contributed by atoms with Gasteiger partial charge in [0.2, 0.25) is 5.91 Å². The molecule has 0 unspecified atom stereocenters. The number of hydrogen-bond donors (Lipinski definition) is 1. The van der Waals surface area contributed by atoms with Gasteiger partial charge in [-0.2, -0.15) is 0 Å². The van der Waals surface area contributed by atoms with Crippen molar-refractivity contribution in [2.24, 2.45) is 0 Å². The molecule has 0 atom stereocenters. The molecule has 0 radical (unpaired) electrons. The molecule has 7 nitrogen and oxygen atoms in total. The molecule has 1 aliphatic rings. The molecule has 25 heavy (non-hydrogen) atoms. The molecule has 132 valence electrons. The summed E-state index contributed by atoms with van der Waals surface area (Å²) in [6, 6.07) is 4.87. The Labute approximate surface area is 145 Å². The van der Waals surface area contributed by atoms with Crippen molar-refractivity contribution in [2.75, 3.05) is 20.6 Å². The van der Waals surface area contributed by atoms with Gasteiger partial charge in [0, 0.05) is 32.6 Å². The van der Waals surface area contributed by atoms with Crippen molar-refractivity contribution < 1.29 is 9.59 Å². The Morgan fingerprint density at radius 2 is 2.04 bits per heavy atom. The first-order valence-corrected chi connectivity index (χ1v) is 8.49. The molecule has 0 spiro atoms. The summed E-state index contributed by atoms with van der Waals surface area (Å²) in [6.45, 7) is 0.635. The topological polar surface area (TPSA) is 84.3 Å². The highest BCUT2D eigenvalue weighted by molar-refractivity contribution is 5.99. The van der Waals surface area contributed by atoms with E-state index >= 15 is 0 Å². The molecule has 0 bridgehead atoms. The first-order chi connectivity index (χ1) is 12.0. The summed E-state index contributed by atoms with van der Waals surface area (Å²) in [5.41, 5.74) is 0.880. The van der Waals surface area contributed by atoms with Crippen LogP contribution < -0.4 is 10.9 Å². The minimum absolute atomic E-state index is 0.0448. The Bertz CT molecular complexity index is 886. The molecule has 1 aliphatic heterocycles. The van der Waals surface area contributed by atoms with E-state index in [1.165, 1.54) is 4.90 Å². The van der Waals surface area contributed by atoms with Crippen LogP contribution >= 0.6 is 0 Å². The Morgan fingerprint density at radius 3 is 2.80 bits per heavy atom. The second-order valence-corrected chi connectivity index (χ2v) is 6.50. The lowest BCUT2D eigenvalue weighted by Gasteiger charge is -2.12. The minimum atomic E-state index is -0.353. The fourth-order valence-corrected chi connectivity index (χ4v) is 2.98. The lowest BCUT2D eigenvalue weighted by molar-refractivity contribution is -0.127. The molecule has 3 rings (SSSR count). The van der Waals surface area contributed by atoms with Crippen molar-refractivity contribution in [1.82, 2.24) is 19.8 Å². The molecule has 1 aromatic carbocycles. The van der Waals surface area contributed by atoms with E-state index in [-0.39, 0.29) is 23.9 Å². The fraction of sp³-hybridized carbons (Fsp3) is 0.444. The summed E-state index contributed by atoms with van der Waals surface area (Å²) in [4.78, 5) is 42.5. The van der Waals surface area contributed by atoms with Gasteiger partial charge in [-0.15, -0.1) is 0 Å². The number of benzene rings is 1. The standard InChI is InChI=1S/C18H22N4O3/c1-21(2)16(23)11-19-17(24)12-7-8-13-14(10-12)20-15-6-4-3-5-9-22(15)18(13)25/h7-8,10H,3-6,9,11H2,1-2H3,(H,19,24). The lowest BCUT2D eigenvalue weighted by atomic mass is 10.1. The maximum absolute atomic E-state index is 12.7. The van der Waals surface area contributed by atoms with Crippen LogP contribution in [0.1, 0.15) is 35.4 Å². The number of carbonyl (C=O) groups excluding carboxylic acids is 2. The quantitative estimate of drug-likeness (QED) is 0.900. The summed E-state index contributed by atoms with van der Waals surface area (Å²) < 4.78 is 1.75. The van der Waals surface area contributed by atoms with Gasteiger partial charge in [-0.3, -0.25) is 19.0 Å². The average molecular weight is 342 g/mol. The van der Waals surface area contributed by atoms with Crippen LogP contribution in [0.4, 0.5) is 0 Å². The van der Waals surface area contributed by atoms with Crippen LogP contribution in [0.2, 0.25) is 0 Å². The fourth-order valence-electron chi connectivity index (χ4n) is 2.98.